The van der Waals surface area contributed by atoms with Crippen molar-refractivity contribution in [3.8, 4) is 5.75 Å². The molecule has 122 valence electrons. The summed E-state index contributed by atoms with van der Waals surface area (Å²) in [4.78, 5) is 18.0. The monoisotopic (exact) mass is 320 g/mol. The first kappa shape index (κ1) is 14.8. The fraction of sp³-hybridized carbons (Fsp3) is 0.250. The van der Waals surface area contributed by atoms with Crippen LogP contribution < -0.4 is 4.74 Å². The van der Waals surface area contributed by atoms with Crippen molar-refractivity contribution in [3.05, 3.63) is 65.9 Å². The van der Waals surface area contributed by atoms with Crippen molar-refractivity contribution >= 4 is 16.8 Å². The van der Waals surface area contributed by atoms with Crippen molar-refractivity contribution in [2.75, 3.05) is 20.2 Å². The van der Waals surface area contributed by atoms with Crippen LogP contribution in [-0.4, -0.2) is 36.0 Å². The van der Waals surface area contributed by atoms with Gasteiger partial charge in [-0.05, 0) is 30.2 Å². The van der Waals surface area contributed by atoms with Gasteiger partial charge in [0.2, 0.25) is 0 Å². The van der Waals surface area contributed by atoms with Crippen molar-refractivity contribution in [1.82, 2.24) is 9.88 Å². The summed E-state index contributed by atoms with van der Waals surface area (Å²) in [5, 5.41) is 0.946. The Morgan fingerprint density at radius 1 is 1.17 bits per heavy atom. The van der Waals surface area contributed by atoms with E-state index in [0.717, 1.165) is 36.2 Å². The molecule has 4 heteroatoms. The Kier molecular flexibility index (Phi) is 3.73. The molecule has 2 aromatic carbocycles. The SMILES string of the molecule is COc1cccc2[nH]c(C(=O)N3CCC(c4ccccc4)C3)cc12. The first-order valence-electron chi connectivity index (χ1n) is 8.26. The van der Waals surface area contributed by atoms with E-state index in [0.29, 0.717) is 11.6 Å². The van der Waals surface area contributed by atoms with E-state index in [-0.39, 0.29) is 5.91 Å². The maximum absolute atomic E-state index is 12.8. The minimum atomic E-state index is 0.0617. The van der Waals surface area contributed by atoms with Crippen LogP contribution in [0, 0.1) is 0 Å². The normalized spacial score (nSPS) is 17.4. The largest absolute Gasteiger partial charge is 0.496 e. The zero-order valence-corrected chi connectivity index (χ0v) is 13.7. The van der Waals surface area contributed by atoms with Gasteiger partial charge in [-0.3, -0.25) is 4.79 Å². The van der Waals surface area contributed by atoms with E-state index in [1.54, 1.807) is 7.11 Å². The number of ether oxygens (including phenoxy) is 1. The Labute approximate surface area is 141 Å². The molecule has 1 aliphatic rings. The molecular weight excluding hydrogens is 300 g/mol. The minimum Gasteiger partial charge on any atom is -0.496 e. The number of nitrogens with one attached hydrogen (secondary N) is 1. The van der Waals surface area contributed by atoms with Crippen LogP contribution in [0.5, 0.6) is 5.75 Å². The van der Waals surface area contributed by atoms with Crippen molar-refractivity contribution < 1.29 is 9.53 Å². The van der Waals surface area contributed by atoms with Gasteiger partial charge in [-0.2, -0.15) is 0 Å². The lowest BCUT2D eigenvalue weighted by molar-refractivity contribution is 0.0786. The van der Waals surface area contributed by atoms with Gasteiger partial charge in [0.1, 0.15) is 11.4 Å². The molecule has 1 unspecified atom stereocenters. The van der Waals surface area contributed by atoms with Gasteiger partial charge in [-0.1, -0.05) is 36.4 Å². The topological polar surface area (TPSA) is 45.3 Å². The van der Waals surface area contributed by atoms with E-state index >= 15 is 0 Å². The first-order valence-corrected chi connectivity index (χ1v) is 8.26. The third kappa shape index (κ3) is 2.54. The lowest BCUT2D eigenvalue weighted by atomic mass is 9.99. The summed E-state index contributed by atoms with van der Waals surface area (Å²) < 4.78 is 5.38. The molecule has 1 N–H and O–H groups in total. The van der Waals surface area contributed by atoms with E-state index in [1.165, 1.54) is 5.56 Å². The van der Waals surface area contributed by atoms with Gasteiger partial charge < -0.3 is 14.6 Å². The molecule has 1 saturated heterocycles. The molecule has 1 aliphatic heterocycles. The summed E-state index contributed by atoms with van der Waals surface area (Å²) in [5.41, 5.74) is 2.87. The van der Waals surface area contributed by atoms with E-state index in [2.05, 4.69) is 29.2 Å². The standard InChI is InChI=1S/C20H20N2O2/c1-24-19-9-5-8-17-16(19)12-18(21-17)20(23)22-11-10-15(13-22)14-6-3-2-4-7-14/h2-9,12,15,21H,10-11,13H2,1H3. The number of carbonyl (C=O) groups is 1. The number of hydrogen-bond donors (Lipinski definition) is 1. The number of hydrogen-bond acceptors (Lipinski definition) is 2. The molecule has 1 aromatic heterocycles. The molecular formula is C20H20N2O2. The molecule has 1 amide bonds. The van der Waals surface area contributed by atoms with Crippen molar-refractivity contribution in [2.45, 2.75) is 12.3 Å². The van der Waals surface area contributed by atoms with Crippen LogP contribution in [0.4, 0.5) is 0 Å². The molecule has 0 spiro atoms. The highest BCUT2D eigenvalue weighted by molar-refractivity contribution is 5.99. The van der Waals surface area contributed by atoms with E-state index in [9.17, 15) is 4.79 Å². The van der Waals surface area contributed by atoms with Gasteiger partial charge >= 0.3 is 0 Å². The second kappa shape index (κ2) is 6.04. The van der Waals surface area contributed by atoms with E-state index < -0.39 is 0 Å². The maximum Gasteiger partial charge on any atom is 0.270 e. The number of likely N-dealkylation sites (tertiary alicyclic amines) is 1. The highest BCUT2D eigenvalue weighted by Gasteiger charge is 2.28. The van der Waals surface area contributed by atoms with Gasteiger partial charge in [0.25, 0.3) is 5.91 Å². The third-order valence-corrected chi connectivity index (χ3v) is 4.82. The van der Waals surface area contributed by atoms with Gasteiger partial charge in [0.05, 0.1) is 7.11 Å². The summed E-state index contributed by atoms with van der Waals surface area (Å²) >= 11 is 0. The van der Waals surface area contributed by atoms with Gasteiger partial charge in [-0.15, -0.1) is 0 Å². The average molecular weight is 320 g/mol. The lowest BCUT2D eigenvalue weighted by Gasteiger charge is -2.15. The number of nitrogens with zero attached hydrogens (tertiary/aromatic N) is 1. The highest BCUT2D eigenvalue weighted by atomic mass is 16.5. The van der Waals surface area contributed by atoms with Crippen molar-refractivity contribution in [3.63, 3.8) is 0 Å². The predicted octanol–water partition coefficient (Wildman–Crippen LogP) is 3.81. The summed E-state index contributed by atoms with van der Waals surface area (Å²) in [6.07, 6.45) is 1.01. The zero-order chi connectivity index (χ0) is 16.5. The molecule has 4 rings (SSSR count). The van der Waals surface area contributed by atoms with Crippen LogP contribution in [0.3, 0.4) is 0 Å². The Morgan fingerprint density at radius 2 is 2.00 bits per heavy atom. The summed E-state index contributed by atoms with van der Waals surface area (Å²) in [7, 11) is 1.65. The summed E-state index contributed by atoms with van der Waals surface area (Å²) in [5.74, 6) is 1.27. The van der Waals surface area contributed by atoms with Crippen LogP contribution in [0.25, 0.3) is 10.9 Å². The van der Waals surface area contributed by atoms with Crippen LogP contribution in [0.15, 0.2) is 54.6 Å². The summed E-state index contributed by atoms with van der Waals surface area (Å²) in [6.45, 7) is 1.57. The Hall–Kier alpha value is -2.75. The lowest BCUT2D eigenvalue weighted by Crippen LogP contribution is -2.28. The fourth-order valence-electron chi connectivity index (χ4n) is 3.53. The molecule has 3 aromatic rings. The smallest absolute Gasteiger partial charge is 0.270 e. The third-order valence-electron chi connectivity index (χ3n) is 4.82. The molecule has 0 saturated carbocycles. The fourth-order valence-corrected chi connectivity index (χ4v) is 3.53. The number of H-pyrrole nitrogens is 1. The number of carbonyl (C=O) groups excluding carboxylic acids is 1. The number of fused-ring (bicyclic) bond motifs is 1. The average Bonchev–Trinajstić information content (AvgIpc) is 3.28. The molecule has 0 bridgehead atoms. The van der Waals surface area contributed by atoms with Crippen LogP contribution in [0.2, 0.25) is 0 Å². The van der Waals surface area contributed by atoms with Crippen LogP contribution in [-0.2, 0) is 0 Å². The van der Waals surface area contributed by atoms with Crippen molar-refractivity contribution in [1.29, 1.82) is 0 Å². The predicted molar refractivity (Wildman–Crippen MR) is 94.6 cm³/mol. The van der Waals surface area contributed by atoms with Crippen LogP contribution in [0.1, 0.15) is 28.4 Å². The number of methoxy groups -OCH3 is 1. The Morgan fingerprint density at radius 3 is 2.79 bits per heavy atom. The number of aromatic amines is 1. The zero-order valence-electron chi connectivity index (χ0n) is 13.7. The van der Waals surface area contributed by atoms with Gasteiger partial charge in [0, 0.05) is 29.9 Å². The number of rotatable bonds is 3. The number of benzene rings is 2. The summed E-state index contributed by atoms with van der Waals surface area (Å²) in [6, 6.07) is 18.1. The Bertz CT molecular complexity index is 870. The minimum absolute atomic E-state index is 0.0617. The van der Waals surface area contributed by atoms with E-state index in [1.807, 2.05) is 35.2 Å². The molecule has 24 heavy (non-hydrogen) atoms. The van der Waals surface area contributed by atoms with Gasteiger partial charge in [-0.25, -0.2) is 0 Å². The molecule has 4 nitrogen and oxygen atoms in total. The second-order valence-corrected chi connectivity index (χ2v) is 6.25. The quantitative estimate of drug-likeness (QED) is 0.797. The second-order valence-electron chi connectivity index (χ2n) is 6.25. The van der Waals surface area contributed by atoms with Crippen molar-refractivity contribution in [2.24, 2.45) is 0 Å². The van der Waals surface area contributed by atoms with Gasteiger partial charge in [0.15, 0.2) is 0 Å². The molecule has 0 aliphatic carbocycles. The molecule has 0 radical (unpaired) electrons. The van der Waals surface area contributed by atoms with E-state index in [4.69, 9.17) is 4.74 Å². The number of amides is 1. The molecule has 2 heterocycles. The number of aromatic nitrogens is 1. The molecule has 1 atom stereocenters. The highest BCUT2D eigenvalue weighted by Crippen LogP contribution is 2.30. The van der Waals surface area contributed by atoms with Crippen LogP contribution >= 0.6 is 0 Å². The Balaban J connectivity index is 1.56. The maximum atomic E-state index is 12.8. The first-order chi connectivity index (χ1) is 11.8. The molecule has 1 fully saturated rings.